The Morgan fingerprint density at radius 1 is 1.16 bits per heavy atom. The third-order valence-corrected chi connectivity index (χ3v) is 3.16. The van der Waals surface area contributed by atoms with Crippen LogP contribution in [-0.2, 0) is 6.42 Å². The summed E-state index contributed by atoms with van der Waals surface area (Å²) in [5.74, 6) is 1.44. The van der Waals surface area contributed by atoms with Gasteiger partial charge < -0.3 is 15.5 Å². The monoisotopic (exact) mass is 256 g/mol. The van der Waals surface area contributed by atoms with Crippen molar-refractivity contribution in [1.29, 1.82) is 0 Å². The number of nitrogen functional groups attached to an aromatic ring is 1. The average Bonchev–Trinajstić information content (AvgIpc) is 2.81. The van der Waals surface area contributed by atoms with Crippen molar-refractivity contribution in [3.63, 3.8) is 0 Å². The molecule has 1 aromatic heterocycles. The smallest absolute Gasteiger partial charge is 0.236 e. The minimum atomic E-state index is 0.248. The van der Waals surface area contributed by atoms with Gasteiger partial charge in [0.2, 0.25) is 17.8 Å². The van der Waals surface area contributed by atoms with E-state index in [0.717, 1.165) is 18.7 Å². The van der Waals surface area contributed by atoms with E-state index in [9.17, 15) is 0 Å². The fourth-order valence-electron chi connectivity index (χ4n) is 2.24. The van der Waals surface area contributed by atoms with Crippen molar-refractivity contribution in [1.82, 2.24) is 15.0 Å². The normalized spacial score (nSPS) is 13.5. The molecule has 0 atom stereocenters. The van der Waals surface area contributed by atoms with Gasteiger partial charge in [0.1, 0.15) is 0 Å². The summed E-state index contributed by atoms with van der Waals surface area (Å²) in [4.78, 5) is 16.7. The van der Waals surface area contributed by atoms with Crippen LogP contribution in [0.4, 0.5) is 23.5 Å². The van der Waals surface area contributed by atoms with E-state index in [4.69, 9.17) is 5.73 Å². The Kier molecular flexibility index (Phi) is 2.70. The van der Waals surface area contributed by atoms with E-state index in [0.29, 0.717) is 11.9 Å². The molecule has 0 fully saturated rings. The molecule has 0 aliphatic carbocycles. The van der Waals surface area contributed by atoms with Crippen LogP contribution in [-0.4, -0.2) is 35.6 Å². The minimum absolute atomic E-state index is 0.248. The molecule has 0 spiro atoms. The van der Waals surface area contributed by atoms with Gasteiger partial charge in [-0.3, -0.25) is 0 Å². The summed E-state index contributed by atoms with van der Waals surface area (Å²) in [5.41, 5.74) is 8.23. The molecule has 19 heavy (non-hydrogen) atoms. The second kappa shape index (κ2) is 4.38. The Labute approximate surface area is 111 Å². The quantitative estimate of drug-likeness (QED) is 0.871. The highest BCUT2D eigenvalue weighted by atomic mass is 15.3. The summed E-state index contributed by atoms with van der Waals surface area (Å²) in [5, 5.41) is 0. The lowest BCUT2D eigenvalue weighted by molar-refractivity contribution is 0.901. The third kappa shape index (κ3) is 2.05. The Morgan fingerprint density at radius 2 is 1.95 bits per heavy atom. The van der Waals surface area contributed by atoms with Gasteiger partial charge in [0.25, 0.3) is 0 Å². The van der Waals surface area contributed by atoms with Gasteiger partial charge in [-0.25, -0.2) is 0 Å². The predicted molar refractivity (Wildman–Crippen MR) is 75.7 cm³/mol. The van der Waals surface area contributed by atoms with E-state index in [1.807, 2.05) is 25.1 Å². The zero-order valence-corrected chi connectivity index (χ0v) is 11.0. The van der Waals surface area contributed by atoms with Gasteiger partial charge in [-0.05, 0) is 18.1 Å². The first-order chi connectivity index (χ1) is 9.15. The molecule has 0 bridgehead atoms. The minimum Gasteiger partial charge on any atom is -0.368 e. The van der Waals surface area contributed by atoms with Crippen molar-refractivity contribution in [2.45, 2.75) is 6.42 Å². The lowest BCUT2D eigenvalue weighted by Gasteiger charge is -2.19. The number of benzene rings is 1. The number of hydrogen-bond donors (Lipinski definition) is 1. The van der Waals surface area contributed by atoms with E-state index in [1.54, 1.807) is 0 Å². The highest BCUT2D eigenvalue weighted by Crippen LogP contribution is 2.32. The van der Waals surface area contributed by atoms with E-state index < -0.39 is 0 Å². The molecule has 2 N–H and O–H groups in total. The highest BCUT2D eigenvalue weighted by molar-refractivity contribution is 5.66. The number of nitrogens with two attached hydrogens (primary N) is 1. The topological polar surface area (TPSA) is 71.2 Å². The van der Waals surface area contributed by atoms with Gasteiger partial charge >= 0.3 is 0 Å². The van der Waals surface area contributed by atoms with E-state index in [-0.39, 0.29) is 5.95 Å². The number of fused-ring (bicyclic) bond motifs is 1. The first kappa shape index (κ1) is 11.7. The molecule has 6 nitrogen and oxygen atoms in total. The number of hydrogen-bond acceptors (Lipinski definition) is 6. The molecule has 98 valence electrons. The maximum atomic E-state index is 5.77. The first-order valence-electron chi connectivity index (χ1n) is 6.19. The van der Waals surface area contributed by atoms with Gasteiger partial charge in [-0.15, -0.1) is 0 Å². The van der Waals surface area contributed by atoms with Gasteiger partial charge in [0, 0.05) is 26.3 Å². The lowest BCUT2D eigenvalue weighted by atomic mass is 10.2. The molecular formula is C13H16N6. The van der Waals surface area contributed by atoms with Gasteiger partial charge in [0.15, 0.2) is 0 Å². The van der Waals surface area contributed by atoms with Crippen LogP contribution in [0.2, 0.25) is 0 Å². The summed E-state index contributed by atoms with van der Waals surface area (Å²) in [6, 6.07) is 8.29. The molecule has 0 saturated carbocycles. The first-order valence-corrected chi connectivity index (χ1v) is 6.19. The maximum Gasteiger partial charge on any atom is 0.236 e. The van der Waals surface area contributed by atoms with E-state index >= 15 is 0 Å². The summed E-state index contributed by atoms with van der Waals surface area (Å²) in [6.07, 6.45) is 0.999. The lowest BCUT2D eigenvalue weighted by Crippen LogP contribution is -2.21. The summed E-state index contributed by atoms with van der Waals surface area (Å²) < 4.78 is 0. The molecule has 0 amide bonds. The van der Waals surface area contributed by atoms with Gasteiger partial charge in [-0.2, -0.15) is 15.0 Å². The number of para-hydroxylation sites is 1. The molecule has 2 heterocycles. The Bertz CT molecular complexity index is 610. The molecule has 2 aromatic rings. The molecule has 3 rings (SSSR count). The van der Waals surface area contributed by atoms with Crippen LogP contribution in [0.15, 0.2) is 24.3 Å². The SMILES string of the molecule is CN(C)c1nc(N)nc(N2CCc3ccccc32)n1. The van der Waals surface area contributed by atoms with Crippen LogP contribution in [0, 0.1) is 0 Å². The van der Waals surface area contributed by atoms with Crippen molar-refractivity contribution in [2.75, 3.05) is 36.2 Å². The molecule has 0 radical (unpaired) electrons. The molecule has 1 aliphatic heterocycles. The molecule has 0 saturated heterocycles. The van der Waals surface area contributed by atoms with Crippen LogP contribution < -0.4 is 15.5 Å². The van der Waals surface area contributed by atoms with Crippen molar-refractivity contribution in [2.24, 2.45) is 0 Å². The van der Waals surface area contributed by atoms with Crippen LogP contribution in [0.1, 0.15) is 5.56 Å². The van der Waals surface area contributed by atoms with Crippen molar-refractivity contribution >= 4 is 23.5 Å². The van der Waals surface area contributed by atoms with Crippen LogP contribution in [0.25, 0.3) is 0 Å². The maximum absolute atomic E-state index is 5.77. The average molecular weight is 256 g/mol. The van der Waals surface area contributed by atoms with Crippen LogP contribution in [0.3, 0.4) is 0 Å². The molecule has 0 unspecified atom stereocenters. The summed E-state index contributed by atoms with van der Waals surface area (Å²) in [7, 11) is 3.77. The largest absolute Gasteiger partial charge is 0.368 e. The number of anilines is 4. The van der Waals surface area contributed by atoms with E-state index in [1.165, 1.54) is 5.56 Å². The Hall–Kier alpha value is -2.37. The number of aromatic nitrogens is 3. The van der Waals surface area contributed by atoms with Crippen LogP contribution in [0.5, 0.6) is 0 Å². The second-order valence-corrected chi connectivity index (χ2v) is 4.72. The van der Waals surface area contributed by atoms with Crippen molar-refractivity contribution < 1.29 is 0 Å². The fraction of sp³-hybridized carbons (Fsp3) is 0.308. The van der Waals surface area contributed by atoms with Crippen LogP contribution >= 0.6 is 0 Å². The Morgan fingerprint density at radius 3 is 2.74 bits per heavy atom. The van der Waals surface area contributed by atoms with Crippen molar-refractivity contribution in [3.8, 4) is 0 Å². The summed E-state index contributed by atoms with van der Waals surface area (Å²) in [6.45, 7) is 0.871. The van der Waals surface area contributed by atoms with Crippen molar-refractivity contribution in [3.05, 3.63) is 29.8 Å². The molecule has 6 heteroatoms. The zero-order chi connectivity index (χ0) is 13.4. The standard InChI is InChI=1S/C13H16N6/c1-18(2)12-15-11(14)16-13(17-12)19-8-7-9-5-3-4-6-10(9)19/h3-6H,7-8H2,1-2H3,(H2,14,15,16,17). The number of nitrogens with zero attached hydrogens (tertiary/aromatic N) is 5. The third-order valence-electron chi connectivity index (χ3n) is 3.16. The molecule has 1 aromatic carbocycles. The summed E-state index contributed by atoms with van der Waals surface area (Å²) >= 11 is 0. The van der Waals surface area contributed by atoms with Gasteiger partial charge in [0.05, 0.1) is 0 Å². The fourth-order valence-corrected chi connectivity index (χ4v) is 2.24. The van der Waals surface area contributed by atoms with Gasteiger partial charge in [-0.1, -0.05) is 18.2 Å². The predicted octanol–water partition coefficient (Wildman–Crippen LogP) is 1.21. The zero-order valence-electron chi connectivity index (χ0n) is 11.0. The second-order valence-electron chi connectivity index (χ2n) is 4.72. The highest BCUT2D eigenvalue weighted by Gasteiger charge is 2.23. The van der Waals surface area contributed by atoms with E-state index in [2.05, 4.69) is 38.1 Å². The molecular weight excluding hydrogens is 240 g/mol. The Balaban J connectivity index is 2.04. The number of rotatable bonds is 2. The molecule has 1 aliphatic rings.